The highest BCUT2D eigenvalue weighted by atomic mass is 35.5. The van der Waals surface area contributed by atoms with Crippen LogP contribution in [0.2, 0.25) is 5.15 Å². The first-order chi connectivity index (χ1) is 8.56. The summed E-state index contributed by atoms with van der Waals surface area (Å²) in [6.45, 7) is 3.67. The fourth-order valence-corrected chi connectivity index (χ4v) is 2.18. The van der Waals surface area contributed by atoms with Crippen molar-refractivity contribution < 1.29 is 0 Å². The normalized spacial score (nSPS) is 10.6. The number of nitrogens with one attached hydrogen (secondary N) is 1. The Balaban J connectivity index is 2.85. The Labute approximate surface area is 109 Å². The van der Waals surface area contributed by atoms with E-state index < -0.39 is 5.69 Å². The third kappa shape index (κ3) is 1.99. The topological polar surface area (TPSA) is 54.9 Å². The van der Waals surface area contributed by atoms with Gasteiger partial charge >= 0.3 is 5.69 Å². The molecular formula is C13H13ClN2O2. The summed E-state index contributed by atoms with van der Waals surface area (Å²) in [6, 6.07) is 7.23. The molecule has 0 bridgehead atoms. The van der Waals surface area contributed by atoms with E-state index >= 15 is 0 Å². The fourth-order valence-electron chi connectivity index (χ4n) is 1.89. The van der Waals surface area contributed by atoms with Crippen LogP contribution in [0.3, 0.4) is 0 Å². The summed E-state index contributed by atoms with van der Waals surface area (Å²) >= 11 is 5.87. The standard InChI is InChI=1S/C13H13ClN2O2/c1-3-9-11(14)15-13(18)16(12(9)17)10-7-5-4-6-8(10)2/h4-7H,3H2,1-2H3,(H,15,18). The predicted octanol–water partition coefficient (Wildman–Crippen LogP) is 2.05. The highest BCUT2D eigenvalue weighted by molar-refractivity contribution is 6.30. The smallest absolute Gasteiger partial charge is 0.297 e. The number of para-hydroxylation sites is 1. The second-order valence-electron chi connectivity index (χ2n) is 4.00. The van der Waals surface area contributed by atoms with Gasteiger partial charge in [0.05, 0.1) is 11.3 Å². The quantitative estimate of drug-likeness (QED) is 0.844. The number of H-pyrrole nitrogens is 1. The Kier molecular flexibility index (Phi) is 3.39. The fraction of sp³-hybridized carbons (Fsp3) is 0.231. The maximum absolute atomic E-state index is 12.3. The molecule has 0 radical (unpaired) electrons. The van der Waals surface area contributed by atoms with Gasteiger partial charge in [0.15, 0.2) is 0 Å². The van der Waals surface area contributed by atoms with E-state index in [2.05, 4.69) is 4.98 Å². The minimum Gasteiger partial charge on any atom is -0.297 e. The average Bonchev–Trinajstić information content (AvgIpc) is 2.31. The summed E-state index contributed by atoms with van der Waals surface area (Å²) in [7, 11) is 0. The van der Waals surface area contributed by atoms with Crippen LogP contribution in [0.4, 0.5) is 0 Å². The van der Waals surface area contributed by atoms with Crippen molar-refractivity contribution in [2.45, 2.75) is 20.3 Å². The zero-order valence-corrected chi connectivity index (χ0v) is 10.9. The van der Waals surface area contributed by atoms with Gasteiger partial charge in [0.2, 0.25) is 0 Å². The van der Waals surface area contributed by atoms with Crippen LogP contribution in [0, 0.1) is 6.92 Å². The molecule has 2 aromatic rings. The minimum atomic E-state index is -0.517. The van der Waals surface area contributed by atoms with Crippen molar-refractivity contribution in [2.24, 2.45) is 0 Å². The van der Waals surface area contributed by atoms with Gasteiger partial charge in [0, 0.05) is 0 Å². The Hall–Kier alpha value is -1.81. The second-order valence-corrected chi connectivity index (χ2v) is 4.38. The van der Waals surface area contributed by atoms with E-state index in [9.17, 15) is 9.59 Å². The molecule has 1 heterocycles. The highest BCUT2D eigenvalue weighted by Gasteiger charge is 2.13. The molecule has 0 saturated heterocycles. The van der Waals surface area contributed by atoms with Gasteiger partial charge in [-0.1, -0.05) is 36.7 Å². The van der Waals surface area contributed by atoms with Crippen molar-refractivity contribution in [1.82, 2.24) is 9.55 Å². The van der Waals surface area contributed by atoms with E-state index in [4.69, 9.17) is 11.6 Å². The van der Waals surface area contributed by atoms with E-state index in [0.717, 1.165) is 10.1 Å². The molecule has 1 aromatic carbocycles. The van der Waals surface area contributed by atoms with Gasteiger partial charge < -0.3 is 0 Å². The van der Waals surface area contributed by atoms with Crippen LogP contribution in [0.5, 0.6) is 0 Å². The number of aromatic nitrogens is 2. The first-order valence-electron chi connectivity index (χ1n) is 5.66. The number of benzene rings is 1. The van der Waals surface area contributed by atoms with Crippen LogP contribution in [0.15, 0.2) is 33.9 Å². The summed E-state index contributed by atoms with van der Waals surface area (Å²) in [5, 5.41) is 0.123. The van der Waals surface area contributed by atoms with Crippen LogP contribution in [0.1, 0.15) is 18.1 Å². The lowest BCUT2D eigenvalue weighted by Gasteiger charge is -2.10. The summed E-state index contributed by atoms with van der Waals surface area (Å²) in [6.07, 6.45) is 0.473. The van der Waals surface area contributed by atoms with E-state index in [1.807, 2.05) is 26.0 Å². The van der Waals surface area contributed by atoms with Crippen molar-refractivity contribution >= 4 is 11.6 Å². The Morgan fingerprint density at radius 3 is 2.56 bits per heavy atom. The molecule has 1 N–H and O–H groups in total. The zero-order chi connectivity index (χ0) is 13.3. The number of hydrogen-bond acceptors (Lipinski definition) is 2. The number of halogens is 1. The highest BCUT2D eigenvalue weighted by Crippen LogP contribution is 2.11. The van der Waals surface area contributed by atoms with E-state index in [1.165, 1.54) is 0 Å². The molecule has 0 aliphatic heterocycles. The van der Waals surface area contributed by atoms with Crippen LogP contribution < -0.4 is 11.2 Å². The van der Waals surface area contributed by atoms with Gasteiger partial charge in [0.25, 0.3) is 5.56 Å². The second kappa shape index (κ2) is 4.82. The molecule has 0 aliphatic rings. The number of aryl methyl sites for hydroxylation is 1. The largest absolute Gasteiger partial charge is 0.334 e. The van der Waals surface area contributed by atoms with Crippen LogP contribution in [-0.4, -0.2) is 9.55 Å². The molecule has 0 saturated carbocycles. The molecule has 5 heteroatoms. The molecule has 4 nitrogen and oxygen atoms in total. The van der Waals surface area contributed by atoms with Gasteiger partial charge in [-0.05, 0) is 25.0 Å². The van der Waals surface area contributed by atoms with Gasteiger partial charge in [0.1, 0.15) is 5.15 Å². The molecule has 0 aliphatic carbocycles. The molecule has 18 heavy (non-hydrogen) atoms. The summed E-state index contributed by atoms with van der Waals surface area (Å²) in [5.74, 6) is 0. The molecule has 0 unspecified atom stereocenters. The van der Waals surface area contributed by atoms with Gasteiger partial charge in [-0.15, -0.1) is 0 Å². The minimum absolute atomic E-state index is 0.123. The maximum Gasteiger partial charge on any atom is 0.334 e. The van der Waals surface area contributed by atoms with E-state index in [1.54, 1.807) is 12.1 Å². The van der Waals surface area contributed by atoms with Crippen molar-refractivity contribution in [2.75, 3.05) is 0 Å². The van der Waals surface area contributed by atoms with Crippen molar-refractivity contribution in [3.05, 3.63) is 61.4 Å². The monoisotopic (exact) mass is 264 g/mol. The van der Waals surface area contributed by atoms with Crippen molar-refractivity contribution in [1.29, 1.82) is 0 Å². The lowest BCUT2D eigenvalue weighted by molar-refractivity contribution is 0.837. The Bertz CT molecular complexity index is 701. The van der Waals surface area contributed by atoms with Crippen molar-refractivity contribution in [3.8, 4) is 5.69 Å². The average molecular weight is 265 g/mol. The third-order valence-corrected chi connectivity index (χ3v) is 3.18. The first-order valence-corrected chi connectivity index (χ1v) is 6.03. The molecule has 0 amide bonds. The summed E-state index contributed by atoms with van der Waals surface area (Å²) in [4.78, 5) is 26.7. The van der Waals surface area contributed by atoms with Gasteiger partial charge in [-0.3, -0.25) is 9.78 Å². The maximum atomic E-state index is 12.3. The molecule has 94 valence electrons. The van der Waals surface area contributed by atoms with Gasteiger partial charge in [-0.25, -0.2) is 9.36 Å². The Morgan fingerprint density at radius 1 is 1.28 bits per heavy atom. The number of nitrogens with zero attached hydrogens (tertiary/aromatic N) is 1. The first kappa shape index (κ1) is 12.6. The number of hydrogen-bond donors (Lipinski definition) is 1. The van der Waals surface area contributed by atoms with Crippen LogP contribution >= 0.6 is 11.6 Å². The molecule has 0 fully saturated rings. The van der Waals surface area contributed by atoms with E-state index in [-0.39, 0.29) is 10.7 Å². The van der Waals surface area contributed by atoms with E-state index in [0.29, 0.717) is 17.7 Å². The van der Waals surface area contributed by atoms with Crippen LogP contribution in [-0.2, 0) is 6.42 Å². The molecule has 0 spiro atoms. The van der Waals surface area contributed by atoms with Crippen molar-refractivity contribution in [3.63, 3.8) is 0 Å². The van der Waals surface area contributed by atoms with Crippen LogP contribution in [0.25, 0.3) is 5.69 Å². The summed E-state index contributed by atoms with van der Waals surface area (Å²) < 4.78 is 1.13. The molecule has 0 atom stereocenters. The number of aromatic amines is 1. The third-order valence-electron chi connectivity index (χ3n) is 2.86. The zero-order valence-electron chi connectivity index (χ0n) is 10.2. The summed E-state index contributed by atoms with van der Waals surface area (Å²) in [5.41, 5.74) is 0.973. The Morgan fingerprint density at radius 2 is 1.94 bits per heavy atom. The lowest BCUT2D eigenvalue weighted by atomic mass is 10.2. The lowest BCUT2D eigenvalue weighted by Crippen LogP contribution is -2.36. The molecule has 2 rings (SSSR count). The van der Waals surface area contributed by atoms with Gasteiger partial charge in [-0.2, -0.15) is 0 Å². The SMILES string of the molecule is CCc1c(Cl)[nH]c(=O)n(-c2ccccc2C)c1=O. The predicted molar refractivity (Wildman–Crippen MR) is 71.8 cm³/mol. The number of rotatable bonds is 2. The molecule has 1 aromatic heterocycles. The molecular weight excluding hydrogens is 252 g/mol.